The Morgan fingerprint density at radius 1 is 0.875 bits per heavy atom. The number of fused-ring (bicyclic) bond motifs is 3. The molecule has 6 nitrogen and oxygen atoms in total. The van der Waals surface area contributed by atoms with Crippen LogP contribution < -0.4 is 0 Å². The van der Waals surface area contributed by atoms with Crippen LogP contribution in [0.25, 0.3) is 16.5 Å². The third-order valence-corrected chi connectivity index (χ3v) is 3.94. The van der Waals surface area contributed by atoms with Gasteiger partial charge in [-0.05, 0) is 29.8 Å². The van der Waals surface area contributed by atoms with Gasteiger partial charge in [0.1, 0.15) is 11.3 Å². The summed E-state index contributed by atoms with van der Waals surface area (Å²) in [7, 11) is 0. The van der Waals surface area contributed by atoms with E-state index in [2.05, 4.69) is 0 Å². The molecule has 0 amide bonds. The molecule has 0 bridgehead atoms. The Kier molecular flexibility index (Phi) is 2.77. The van der Waals surface area contributed by atoms with E-state index >= 15 is 0 Å². The Bertz CT molecular complexity index is 1050. The molecule has 1 aromatic heterocycles. The lowest BCUT2D eigenvalue weighted by Crippen LogP contribution is -2.14. The van der Waals surface area contributed by atoms with Gasteiger partial charge in [-0.25, -0.2) is 0 Å². The molecule has 2 aromatic carbocycles. The van der Waals surface area contributed by atoms with Gasteiger partial charge in [0.15, 0.2) is 23.0 Å². The first kappa shape index (κ1) is 14.1. The zero-order chi connectivity index (χ0) is 17.0. The molecule has 4 rings (SSSR count). The lowest BCUT2D eigenvalue weighted by atomic mass is 9.89. The number of aromatic hydroxyl groups is 3. The molecule has 1 aliphatic rings. The number of furan rings is 1. The number of benzene rings is 2. The maximum atomic E-state index is 12.7. The summed E-state index contributed by atoms with van der Waals surface area (Å²) >= 11 is 0. The monoisotopic (exact) mass is 322 g/mol. The van der Waals surface area contributed by atoms with E-state index in [1.54, 1.807) is 0 Å². The number of ketones is 2. The fraction of sp³-hybridized carbons (Fsp3) is 0. The molecule has 0 fully saturated rings. The van der Waals surface area contributed by atoms with Crippen molar-refractivity contribution in [2.24, 2.45) is 0 Å². The molecule has 0 spiro atoms. The second-order valence-electron chi connectivity index (χ2n) is 5.44. The van der Waals surface area contributed by atoms with Crippen molar-refractivity contribution in [3.63, 3.8) is 0 Å². The Morgan fingerprint density at radius 3 is 2.25 bits per heavy atom. The van der Waals surface area contributed by atoms with Crippen molar-refractivity contribution in [2.45, 2.75) is 0 Å². The number of carbonyl (C=O) groups is 2. The van der Waals surface area contributed by atoms with Crippen molar-refractivity contribution in [1.82, 2.24) is 0 Å². The van der Waals surface area contributed by atoms with Crippen LogP contribution in [0.1, 0.15) is 26.5 Å². The number of phenols is 3. The number of Topliss-reactive ketones (excluding diaryl/α,β-unsaturated/α-hetero) is 1. The SMILES string of the molecule is O=C1C(c2ccc(O)cc2)=CC(=O)c2c1oc1cc(O)c(O)cc21. The molecule has 0 radical (unpaired) electrons. The van der Waals surface area contributed by atoms with Crippen LogP contribution in [-0.4, -0.2) is 26.9 Å². The fourth-order valence-electron chi connectivity index (χ4n) is 2.77. The first-order chi connectivity index (χ1) is 11.5. The number of hydrogen-bond donors (Lipinski definition) is 3. The minimum absolute atomic E-state index is 0.0457. The standard InChI is InChI=1S/C18H10O6/c19-9-3-1-8(2-4-9)10-5-14(22)16-11-6-12(20)13(21)7-15(11)24-18(16)17(10)23/h1-7,19-21H. The largest absolute Gasteiger partial charge is 0.508 e. The highest BCUT2D eigenvalue weighted by Crippen LogP contribution is 2.39. The van der Waals surface area contributed by atoms with Crippen molar-refractivity contribution < 1.29 is 29.3 Å². The molecule has 1 heterocycles. The molecule has 3 aromatic rings. The summed E-state index contributed by atoms with van der Waals surface area (Å²) in [5, 5.41) is 28.8. The van der Waals surface area contributed by atoms with Gasteiger partial charge in [-0.1, -0.05) is 12.1 Å². The predicted molar refractivity (Wildman–Crippen MR) is 84.3 cm³/mol. The van der Waals surface area contributed by atoms with Crippen LogP contribution in [0, 0.1) is 0 Å². The van der Waals surface area contributed by atoms with Gasteiger partial charge in [0.2, 0.25) is 5.78 Å². The average Bonchev–Trinajstić information content (AvgIpc) is 2.91. The third-order valence-electron chi connectivity index (χ3n) is 3.94. The smallest absolute Gasteiger partial charge is 0.229 e. The molecule has 118 valence electrons. The van der Waals surface area contributed by atoms with Gasteiger partial charge in [0.05, 0.1) is 5.56 Å². The molecular formula is C18H10O6. The van der Waals surface area contributed by atoms with Crippen LogP contribution in [0.15, 0.2) is 46.9 Å². The second-order valence-corrected chi connectivity index (χ2v) is 5.44. The summed E-state index contributed by atoms with van der Waals surface area (Å²) in [6, 6.07) is 8.23. The minimum atomic E-state index is -0.481. The van der Waals surface area contributed by atoms with E-state index in [0.29, 0.717) is 5.56 Å². The minimum Gasteiger partial charge on any atom is -0.508 e. The quantitative estimate of drug-likeness (QED) is 0.594. The molecule has 24 heavy (non-hydrogen) atoms. The van der Waals surface area contributed by atoms with Crippen LogP contribution >= 0.6 is 0 Å². The summed E-state index contributed by atoms with van der Waals surface area (Å²) < 4.78 is 5.45. The molecule has 6 heteroatoms. The van der Waals surface area contributed by atoms with E-state index in [9.17, 15) is 24.9 Å². The molecule has 0 saturated carbocycles. The maximum absolute atomic E-state index is 12.7. The van der Waals surface area contributed by atoms with E-state index < -0.39 is 23.1 Å². The molecule has 0 unspecified atom stereocenters. The Morgan fingerprint density at radius 2 is 1.54 bits per heavy atom. The number of hydrogen-bond acceptors (Lipinski definition) is 6. The second kappa shape index (κ2) is 4.73. The molecular weight excluding hydrogens is 312 g/mol. The van der Waals surface area contributed by atoms with Crippen LogP contribution in [0.3, 0.4) is 0 Å². The number of phenolic OH excluding ortho intramolecular Hbond substituents is 3. The number of carbonyl (C=O) groups excluding carboxylic acids is 2. The van der Waals surface area contributed by atoms with E-state index in [1.165, 1.54) is 36.4 Å². The van der Waals surface area contributed by atoms with E-state index in [4.69, 9.17) is 4.42 Å². The Hall–Kier alpha value is -3.54. The van der Waals surface area contributed by atoms with Gasteiger partial charge in [0.25, 0.3) is 0 Å². The zero-order valence-corrected chi connectivity index (χ0v) is 12.1. The Balaban J connectivity index is 1.92. The van der Waals surface area contributed by atoms with Crippen LogP contribution in [0.2, 0.25) is 0 Å². The molecule has 0 saturated heterocycles. The number of rotatable bonds is 1. The van der Waals surface area contributed by atoms with Crippen LogP contribution in [0.5, 0.6) is 17.2 Å². The van der Waals surface area contributed by atoms with Gasteiger partial charge in [-0.2, -0.15) is 0 Å². The maximum Gasteiger partial charge on any atom is 0.229 e. The molecule has 1 aliphatic carbocycles. The third kappa shape index (κ3) is 1.90. The first-order valence-electron chi connectivity index (χ1n) is 7.04. The summed E-state index contributed by atoms with van der Waals surface area (Å²) in [6.07, 6.45) is 1.20. The molecule has 3 N–H and O–H groups in total. The molecule has 0 aliphatic heterocycles. The van der Waals surface area contributed by atoms with E-state index in [1.807, 2.05) is 0 Å². The summed E-state index contributed by atoms with van der Waals surface area (Å²) in [5.74, 6) is -1.81. The van der Waals surface area contributed by atoms with E-state index in [-0.39, 0.29) is 33.6 Å². The van der Waals surface area contributed by atoms with Gasteiger partial charge in [-0.3, -0.25) is 9.59 Å². The normalized spacial score (nSPS) is 13.9. The van der Waals surface area contributed by atoms with Crippen molar-refractivity contribution >= 4 is 28.1 Å². The molecule has 0 atom stereocenters. The van der Waals surface area contributed by atoms with Crippen LogP contribution in [-0.2, 0) is 0 Å². The highest BCUT2D eigenvalue weighted by atomic mass is 16.3. The lowest BCUT2D eigenvalue weighted by molar-refractivity contribution is 0.0986. The first-order valence-corrected chi connectivity index (χ1v) is 7.04. The van der Waals surface area contributed by atoms with Crippen molar-refractivity contribution in [3.8, 4) is 17.2 Å². The summed E-state index contributed by atoms with van der Waals surface area (Å²) in [5.41, 5.74) is 0.827. The van der Waals surface area contributed by atoms with Crippen LogP contribution in [0.4, 0.5) is 0 Å². The van der Waals surface area contributed by atoms with Gasteiger partial charge in [-0.15, -0.1) is 0 Å². The number of allylic oxidation sites excluding steroid dienone is 2. The predicted octanol–water partition coefficient (Wildman–Crippen LogP) is 3.01. The van der Waals surface area contributed by atoms with Crippen molar-refractivity contribution in [3.05, 3.63) is 59.4 Å². The average molecular weight is 322 g/mol. The zero-order valence-electron chi connectivity index (χ0n) is 12.1. The van der Waals surface area contributed by atoms with E-state index in [0.717, 1.165) is 6.07 Å². The summed E-state index contributed by atoms with van der Waals surface area (Å²) in [4.78, 5) is 25.2. The van der Waals surface area contributed by atoms with Crippen molar-refractivity contribution in [2.75, 3.05) is 0 Å². The van der Waals surface area contributed by atoms with Crippen molar-refractivity contribution in [1.29, 1.82) is 0 Å². The summed E-state index contributed by atoms with van der Waals surface area (Å²) in [6.45, 7) is 0. The van der Waals surface area contributed by atoms with Gasteiger partial charge in [0, 0.05) is 17.0 Å². The lowest BCUT2D eigenvalue weighted by Gasteiger charge is -2.11. The van der Waals surface area contributed by atoms with Gasteiger partial charge >= 0.3 is 0 Å². The van der Waals surface area contributed by atoms with Gasteiger partial charge < -0.3 is 19.7 Å². The highest BCUT2D eigenvalue weighted by molar-refractivity contribution is 6.39. The topological polar surface area (TPSA) is 108 Å². The Labute approximate surface area is 134 Å². The fourth-order valence-corrected chi connectivity index (χ4v) is 2.77. The highest BCUT2D eigenvalue weighted by Gasteiger charge is 2.32.